The standard InChI is InChI=1S/C31H50N2O5/c1-5-7-8-9-10-11-12-13-14-17-22-37-29(34)23-27-30(35)32-20-21-33(27)31(36)25(4)38-28-19-16-15-18-26(28)24(3)6-2/h15-16,18-19,24-25,27H,5-14,17,20-23H2,1-4H3,(H,32,35). The molecule has 0 bridgehead atoms. The fourth-order valence-corrected chi connectivity index (χ4v) is 4.86. The van der Waals surface area contributed by atoms with Crippen molar-refractivity contribution in [2.24, 2.45) is 0 Å². The number of carbonyl (C=O) groups excluding carboxylic acids is 3. The first-order chi connectivity index (χ1) is 18.4. The van der Waals surface area contributed by atoms with E-state index in [1.54, 1.807) is 6.92 Å². The number of hydrogen-bond acceptors (Lipinski definition) is 5. The summed E-state index contributed by atoms with van der Waals surface area (Å²) in [6, 6.07) is 6.86. The molecule has 1 aromatic rings. The number of hydrogen-bond donors (Lipinski definition) is 1. The molecule has 1 fully saturated rings. The lowest BCUT2D eigenvalue weighted by Crippen LogP contribution is -2.60. The summed E-state index contributed by atoms with van der Waals surface area (Å²) >= 11 is 0. The van der Waals surface area contributed by atoms with E-state index in [2.05, 4.69) is 26.1 Å². The van der Waals surface area contributed by atoms with E-state index in [1.807, 2.05) is 24.3 Å². The molecule has 0 radical (unpaired) electrons. The molecule has 1 heterocycles. The van der Waals surface area contributed by atoms with Crippen LogP contribution in [0, 0.1) is 0 Å². The van der Waals surface area contributed by atoms with Crippen LogP contribution in [0.3, 0.4) is 0 Å². The number of nitrogens with one attached hydrogen (secondary N) is 1. The maximum absolute atomic E-state index is 13.3. The lowest BCUT2D eigenvalue weighted by atomic mass is 9.98. The van der Waals surface area contributed by atoms with Gasteiger partial charge in [0.2, 0.25) is 5.91 Å². The molecular formula is C31H50N2O5. The number of unbranched alkanes of at least 4 members (excludes halogenated alkanes) is 9. The van der Waals surface area contributed by atoms with Crippen LogP contribution < -0.4 is 10.1 Å². The quantitative estimate of drug-likeness (QED) is 0.182. The molecule has 2 amide bonds. The van der Waals surface area contributed by atoms with Crippen LogP contribution >= 0.6 is 0 Å². The van der Waals surface area contributed by atoms with E-state index < -0.39 is 18.1 Å². The number of nitrogens with zero attached hydrogens (tertiary/aromatic N) is 1. The Morgan fingerprint density at radius 1 is 0.974 bits per heavy atom. The number of amides is 2. The number of esters is 1. The molecule has 7 heteroatoms. The summed E-state index contributed by atoms with van der Waals surface area (Å²) < 4.78 is 11.5. The van der Waals surface area contributed by atoms with E-state index in [9.17, 15) is 14.4 Å². The molecule has 0 spiro atoms. The van der Waals surface area contributed by atoms with Gasteiger partial charge in [0.05, 0.1) is 13.0 Å². The smallest absolute Gasteiger partial charge is 0.308 e. The third-order valence-corrected chi connectivity index (χ3v) is 7.45. The van der Waals surface area contributed by atoms with Crippen LogP contribution in [0.1, 0.15) is 116 Å². The molecule has 2 rings (SSSR count). The highest BCUT2D eigenvalue weighted by atomic mass is 16.5. The van der Waals surface area contributed by atoms with Crippen molar-refractivity contribution in [3.05, 3.63) is 29.8 Å². The predicted octanol–water partition coefficient (Wildman–Crippen LogP) is 6.15. The van der Waals surface area contributed by atoms with Gasteiger partial charge >= 0.3 is 5.97 Å². The Morgan fingerprint density at radius 2 is 1.61 bits per heavy atom. The van der Waals surface area contributed by atoms with E-state index in [0.29, 0.717) is 31.4 Å². The molecule has 1 saturated heterocycles. The van der Waals surface area contributed by atoms with Crippen molar-refractivity contribution in [3.8, 4) is 5.75 Å². The van der Waals surface area contributed by atoms with Gasteiger partial charge in [-0.25, -0.2) is 0 Å². The van der Waals surface area contributed by atoms with E-state index in [1.165, 1.54) is 49.8 Å². The highest BCUT2D eigenvalue weighted by Crippen LogP contribution is 2.29. The second-order valence-electron chi connectivity index (χ2n) is 10.6. The van der Waals surface area contributed by atoms with Crippen LogP contribution in [0.25, 0.3) is 0 Å². The highest BCUT2D eigenvalue weighted by molar-refractivity contribution is 5.93. The van der Waals surface area contributed by atoms with Crippen molar-refractivity contribution in [2.45, 2.75) is 123 Å². The molecule has 1 N–H and O–H groups in total. The first-order valence-corrected chi connectivity index (χ1v) is 14.9. The minimum absolute atomic E-state index is 0.147. The van der Waals surface area contributed by atoms with Crippen LogP contribution in [0.4, 0.5) is 0 Å². The topological polar surface area (TPSA) is 84.9 Å². The van der Waals surface area contributed by atoms with Crippen LogP contribution in [0.2, 0.25) is 0 Å². The molecule has 0 saturated carbocycles. The van der Waals surface area contributed by atoms with Crippen LogP contribution in [-0.4, -0.2) is 54.5 Å². The Labute approximate surface area is 230 Å². The number of piperazine rings is 1. The first kappa shape index (κ1) is 31.6. The Balaban J connectivity index is 1.79. The van der Waals surface area contributed by atoms with Gasteiger partial charge in [0, 0.05) is 13.1 Å². The molecule has 38 heavy (non-hydrogen) atoms. The molecule has 0 aromatic heterocycles. The molecule has 1 aliphatic heterocycles. The first-order valence-electron chi connectivity index (χ1n) is 14.9. The van der Waals surface area contributed by atoms with Crippen molar-refractivity contribution in [2.75, 3.05) is 19.7 Å². The minimum Gasteiger partial charge on any atom is -0.481 e. The van der Waals surface area contributed by atoms with E-state index >= 15 is 0 Å². The van der Waals surface area contributed by atoms with Gasteiger partial charge in [0.25, 0.3) is 5.91 Å². The van der Waals surface area contributed by atoms with Gasteiger partial charge in [-0.15, -0.1) is 0 Å². The molecule has 3 atom stereocenters. The summed E-state index contributed by atoms with van der Waals surface area (Å²) in [5.74, 6) is -0.0978. The van der Waals surface area contributed by atoms with E-state index in [0.717, 1.165) is 31.2 Å². The van der Waals surface area contributed by atoms with Gasteiger partial charge in [-0.2, -0.15) is 0 Å². The van der Waals surface area contributed by atoms with Crippen molar-refractivity contribution < 1.29 is 23.9 Å². The van der Waals surface area contributed by atoms with Crippen molar-refractivity contribution >= 4 is 17.8 Å². The van der Waals surface area contributed by atoms with Crippen LogP contribution in [0.5, 0.6) is 5.75 Å². The number of benzene rings is 1. The maximum Gasteiger partial charge on any atom is 0.308 e. The Hall–Kier alpha value is -2.57. The van der Waals surface area contributed by atoms with Gasteiger partial charge in [0.15, 0.2) is 6.10 Å². The zero-order valence-corrected chi connectivity index (χ0v) is 24.1. The second-order valence-corrected chi connectivity index (χ2v) is 10.6. The Morgan fingerprint density at radius 3 is 2.26 bits per heavy atom. The van der Waals surface area contributed by atoms with E-state index in [-0.39, 0.29) is 18.2 Å². The predicted molar refractivity (Wildman–Crippen MR) is 151 cm³/mol. The number of para-hydroxylation sites is 1. The van der Waals surface area contributed by atoms with Gasteiger partial charge in [0.1, 0.15) is 11.8 Å². The lowest BCUT2D eigenvalue weighted by molar-refractivity contribution is -0.154. The number of ether oxygens (including phenoxy) is 2. The monoisotopic (exact) mass is 530 g/mol. The maximum atomic E-state index is 13.3. The molecule has 214 valence electrons. The van der Waals surface area contributed by atoms with Crippen molar-refractivity contribution in [3.63, 3.8) is 0 Å². The summed E-state index contributed by atoms with van der Waals surface area (Å²) in [5, 5.41) is 2.77. The number of carbonyl (C=O) groups is 3. The molecular weight excluding hydrogens is 480 g/mol. The highest BCUT2D eigenvalue weighted by Gasteiger charge is 2.37. The zero-order chi connectivity index (χ0) is 27.8. The van der Waals surface area contributed by atoms with Gasteiger partial charge in [-0.3, -0.25) is 14.4 Å². The average molecular weight is 531 g/mol. The zero-order valence-electron chi connectivity index (χ0n) is 24.1. The second kappa shape index (κ2) is 17.8. The Bertz CT molecular complexity index is 858. The summed E-state index contributed by atoms with van der Waals surface area (Å²) in [6.07, 6.45) is 12.1. The Kier molecular flexibility index (Phi) is 14.9. The normalized spacial score (nSPS) is 17.0. The SMILES string of the molecule is CCCCCCCCCCCCOC(=O)CC1C(=O)NCCN1C(=O)C(C)Oc1ccccc1C(C)CC. The van der Waals surface area contributed by atoms with Gasteiger partial charge in [-0.1, -0.05) is 96.8 Å². The summed E-state index contributed by atoms with van der Waals surface area (Å²) in [4.78, 5) is 39.9. The fourth-order valence-electron chi connectivity index (χ4n) is 4.86. The largest absolute Gasteiger partial charge is 0.481 e. The lowest BCUT2D eigenvalue weighted by Gasteiger charge is -2.36. The third kappa shape index (κ3) is 10.7. The molecule has 0 aliphatic carbocycles. The summed E-state index contributed by atoms with van der Waals surface area (Å²) in [6.45, 7) is 9.21. The minimum atomic E-state index is -0.882. The molecule has 7 nitrogen and oxygen atoms in total. The third-order valence-electron chi connectivity index (χ3n) is 7.45. The van der Waals surface area contributed by atoms with E-state index in [4.69, 9.17) is 9.47 Å². The van der Waals surface area contributed by atoms with Crippen LogP contribution in [-0.2, 0) is 19.1 Å². The van der Waals surface area contributed by atoms with Gasteiger partial charge in [-0.05, 0) is 37.3 Å². The number of rotatable bonds is 18. The molecule has 3 unspecified atom stereocenters. The van der Waals surface area contributed by atoms with Crippen molar-refractivity contribution in [1.82, 2.24) is 10.2 Å². The summed E-state index contributed by atoms with van der Waals surface area (Å²) in [7, 11) is 0. The van der Waals surface area contributed by atoms with Gasteiger partial charge < -0.3 is 19.7 Å². The summed E-state index contributed by atoms with van der Waals surface area (Å²) in [5.41, 5.74) is 1.05. The van der Waals surface area contributed by atoms with Crippen LogP contribution in [0.15, 0.2) is 24.3 Å². The molecule has 1 aliphatic rings. The molecule has 1 aromatic carbocycles. The van der Waals surface area contributed by atoms with Crippen molar-refractivity contribution in [1.29, 1.82) is 0 Å². The average Bonchev–Trinajstić information content (AvgIpc) is 2.92. The fraction of sp³-hybridized carbons (Fsp3) is 0.710.